The van der Waals surface area contributed by atoms with Crippen molar-refractivity contribution >= 4 is 11.4 Å². The average Bonchev–Trinajstić information content (AvgIpc) is 2.39. The Morgan fingerprint density at radius 2 is 1.81 bits per heavy atom. The molecular formula is C15H16N2O4. The fourth-order valence-electron chi connectivity index (χ4n) is 2.16. The summed E-state index contributed by atoms with van der Waals surface area (Å²) in [5, 5.41) is 33.1. The van der Waals surface area contributed by atoms with E-state index >= 15 is 0 Å². The van der Waals surface area contributed by atoms with Crippen LogP contribution in [0.25, 0.3) is 0 Å². The van der Waals surface area contributed by atoms with Crippen molar-refractivity contribution in [2.24, 2.45) is 0 Å². The summed E-state index contributed by atoms with van der Waals surface area (Å²) in [7, 11) is 0. The van der Waals surface area contributed by atoms with E-state index in [1.807, 2.05) is 6.92 Å². The third-order valence-electron chi connectivity index (χ3n) is 3.30. The SMILES string of the molecule is Cc1c(NC(C)c2cc(O)cc(O)c2)cccc1[N+](=O)[O-]. The lowest BCUT2D eigenvalue weighted by Crippen LogP contribution is -2.08. The summed E-state index contributed by atoms with van der Waals surface area (Å²) >= 11 is 0. The summed E-state index contributed by atoms with van der Waals surface area (Å²) in [4.78, 5) is 10.5. The number of nitrogens with zero attached hydrogens (tertiary/aromatic N) is 1. The van der Waals surface area contributed by atoms with E-state index in [-0.39, 0.29) is 23.2 Å². The standard InChI is InChI=1S/C15H16N2O4/c1-9-14(4-3-5-15(9)17(20)21)16-10(2)11-6-12(18)8-13(19)7-11/h3-8,10,16,18-19H,1-2H3. The molecule has 0 aliphatic rings. The first-order valence-corrected chi connectivity index (χ1v) is 6.42. The van der Waals surface area contributed by atoms with Gasteiger partial charge in [0, 0.05) is 29.4 Å². The Labute approximate surface area is 121 Å². The molecule has 1 unspecified atom stereocenters. The maximum Gasteiger partial charge on any atom is 0.274 e. The molecule has 2 rings (SSSR count). The molecule has 0 saturated carbocycles. The topological polar surface area (TPSA) is 95.6 Å². The van der Waals surface area contributed by atoms with Gasteiger partial charge in [0.2, 0.25) is 0 Å². The Morgan fingerprint density at radius 3 is 2.38 bits per heavy atom. The predicted molar refractivity (Wildman–Crippen MR) is 79.6 cm³/mol. The highest BCUT2D eigenvalue weighted by molar-refractivity contribution is 5.60. The van der Waals surface area contributed by atoms with Crippen molar-refractivity contribution in [3.63, 3.8) is 0 Å². The van der Waals surface area contributed by atoms with Crippen molar-refractivity contribution in [1.29, 1.82) is 0 Å². The minimum Gasteiger partial charge on any atom is -0.508 e. The molecule has 0 saturated heterocycles. The van der Waals surface area contributed by atoms with Crippen molar-refractivity contribution in [3.8, 4) is 11.5 Å². The van der Waals surface area contributed by atoms with E-state index in [1.54, 1.807) is 19.1 Å². The summed E-state index contributed by atoms with van der Waals surface area (Å²) in [6.07, 6.45) is 0. The van der Waals surface area contributed by atoms with Gasteiger partial charge in [0.05, 0.1) is 4.92 Å². The fraction of sp³-hybridized carbons (Fsp3) is 0.200. The molecule has 0 aromatic heterocycles. The van der Waals surface area contributed by atoms with E-state index < -0.39 is 4.92 Å². The number of nitro groups is 1. The summed E-state index contributed by atoms with van der Waals surface area (Å²) in [6, 6.07) is 8.89. The van der Waals surface area contributed by atoms with E-state index in [0.29, 0.717) is 16.8 Å². The highest BCUT2D eigenvalue weighted by atomic mass is 16.6. The lowest BCUT2D eigenvalue weighted by atomic mass is 10.1. The number of hydrogen-bond acceptors (Lipinski definition) is 5. The minimum atomic E-state index is -0.425. The van der Waals surface area contributed by atoms with Crippen molar-refractivity contribution in [2.45, 2.75) is 19.9 Å². The van der Waals surface area contributed by atoms with Gasteiger partial charge in [-0.15, -0.1) is 0 Å². The van der Waals surface area contributed by atoms with E-state index in [1.165, 1.54) is 24.3 Å². The van der Waals surface area contributed by atoms with Gasteiger partial charge in [0.15, 0.2) is 0 Å². The van der Waals surface area contributed by atoms with Crippen molar-refractivity contribution in [3.05, 3.63) is 57.6 Å². The van der Waals surface area contributed by atoms with Crippen LogP contribution in [0.1, 0.15) is 24.1 Å². The first-order chi connectivity index (χ1) is 9.88. The zero-order valence-electron chi connectivity index (χ0n) is 11.7. The van der Waals surface area contributed by atoms with Gasteiger partial charge >= 0.3 is 0 Å². The van der Waals surface area contributed by atoms with Crippen LogP contribution >= 0.6 is 0 Å². The van der Waals surface area contributed by atoms with Gasteiger partial charge < -0.3 is 15.5 Å². The average molecular weight is 288 g/mol. The largest absolute Gasteiger partial charge is 0.508 e. The molecule has 0 radical (unpaired) electrons. The van der Waals surface area contributed by atoms with Crippen LogP contribution in [0.4, 0.5) is 11.4 Å². The zero-order valence-corrected chi connectivity index (χ0v) is 11.7. The van der Waals surface area contributed by atoms with Crippen molar-refractivity contribution in [2.75, 3.05) is 5.32 Å². The molecule has 21 heavy (non-hydrogen) atoms. The van der Waals surface area contributed by atoms with E-state index in [0.717, 1.165) is 0 Å². The number of nitrogens with one attached hydrogen (secondary N) is 1. The number of nitro benzene ring substituents is 1. The number of anilines is 1. The molecule has 0 spiro atoms. The Bertz CT molecular complexity index is 665. The van der Waals surface area contributed by atoms with E-state index in [2.05, 4.69) is 5.32 Å². The molecule has 110 valence electrons. The summed E-state index contributed by atoms with van der Waals surface area (Å²) in [5.74, 6) is -0.0659. The predicted octanol–water partition coefficient (Wildman–Crippen LogP) is 3.49. The highest BCUT2D eigenvalue weighted by Crippen LogP contribution is 2.30. The molecule has 0 aliphatic heterocycles. The minimum absolute atomic E-state index is 0.0329. The number of rotatable bonds is 4. The highest BCUT2D eigenvalue weighted by Gasteiger charge is 2.15. The van der Waals surface area contributed by atoms with Gasteiger partial charge in [-0.05, 0) is 37.6 Å². The molecule has 0 fully saturated rings. The smallest absolute Gasteiger partial charge is 0.274 e. The van der Waals surface area contributed by atoms with Crippen LogP contribution in [0.3, 0.4) is 0 Å². The van der Waals surface area contributed by atoms with Gasteiger partial charge in [-0.25, -0.2) is 0 Å². The maximum absolute atomic E-state index is 10.9. The lowest BCUT2D eigenvalue weighted by molar-refractivity contribution is -0.385. The van der Waals surface area contributed by atoms with E-state index in [9.17, 15) is 20.3 Å². The Hall–Kier alpha value is -2.76. The van der Waals surface area contributed by atoms with Gasteiger partial charge in [0.25, 0.3) is 5.69 Å². The number of hydrogen-bond donors (Lipinski definition) is 3. The van der Waals surface area contributed by atoms with E-state index in [4.69, 9.17) is 0 Å². The molecule has 0 heterocycles. The molecule has 6 nitrogen and oxygen atoms in total. The van der Waals surface area contributed by atoms with Crippen LogP contribution in [0.2, 0.25) is 0 Å². The molecule has 3 N–H and O–H groups in total. The quantitative estimate of drug-likeness (QED) is 0.591. The van der Waals surface area contributed by atoms with Gasteiger partial charge in [-0.3, -0.25) is 10.1 Å². The Balaban J connectivity index is 2.29. The van der Waals surface area contributed by atoms with Crippen LogP contribution < -0.4 is 5.32 Å². The fourth-order valence-corrected chi connectivity index (χ4v) is 2.16. The molecule has 0 bridgehead atoms. The van der Waals surface area contributed by atoms with Crippen LogP contribution in [0, 0.1) is 17.0 Å². The third kappa shape index (κ3) is 3.22. The van der Waals surface area contributed by atoms with Gasteiger partial charge in [-0.1, -0.05) is 6.07 Å². The lowest BCUT2D eigenvalue weighted by Gasteiger charge is -2.18. The number of phenols is 2. The zero-order chi connectivity index (χ0) is 15.6. The molecule has 0 aliphatic carbocycles. The maximum atomic E-state index is 10.9. The number of aromatic hydroxyl groups is 2. The second-order valence-corrected chi connectivity index (χ2v) is 4.86. The number of phenolic OH excluding ortho intramolecular Hbond substituents is 2. The monoisotopic (exact) mass is 288 g/mol. The normalized spacial score (nSPS) is 11.9. The third-order valence-corrected chi connectivity index (χ3v) is 3.30. The van der Waals surface area contributed by atoms with Crippen LogP contribution in [-0.4, -0.2) is 15.1 Å². The first kappa shape index (κ1) is 14.6. The molecule has 2 aromatic carbocycles. The van der Waals surface area contributed by atoms with Crippen LogP contribution in [0.5, 0.6) is 11.5 Å². The van der Waals surface area contributed by atoms with Gasteiger partial charge in [-0.2, -0.15) is 0 Å². The first-order valence-electron chi connectivity index (χ1n) is 6.42. The molecule has 0 amide bonds. The summed E-state index contributed by atoms with van der Waals surface area (Å²) in [5.41, 5.74) is 1.91. The molecule has 6 heteroatoms. The molecular weight excluding hydrogens is 272 g/mol. The molecule has 2 aromatic rings. The van der Waals surface area contributed by atoms with Crippen molar-refractivity contribution in [1.82, 2.24) is 0 Å². The second-order valence-electron chi connectivity index (χ2n) is 4.86. The second kappa shape index (κ2) is 5.70. The Morgan fingerprint density at radius 1 is 1.19 bits per heavy atom. The number of benzene rings is 2. The van der Waals surface area contributed by atoms with Crippen molar-refractivity contribution < 1.29 is 15.1 Å². The van der Waals surface area contributed by atoms with Crippen LogP contribution in [0.15, 0.2) is 36.4 Å². The van der Waals surface area contributed by atoms with Crippen LogP contribution in [-0.2, 0) is 0 Å². The Kier molecular flexibility index (Phi) is 3.98. The van der Waals surface area contributed by atoms with Gasteiger partial charge in [0.1, 0.15) is 11.5 Å². The summed E-state index contributed by atoms with van der Waals surface area (Å²) < 4.78 is 0. The molecule has 1 atom stereocenters. The summed E-state index contributed by atoms with van der Waals surface area (Å²) in [6.45, 7) is 3.51.